The predicted octanol–water partition coefficient (Wildman–Crippen LogP) is -1.76. The van der Waals surface area contributed by atoms with Gasteiger partial charge in [-0.2, -0.15) is 0 Å². The van der Waals surface area contributed by atoms with Crippen molar-refractivity contribution >= 4 is 19.1 Å². The molecule has 0 saturated heterocycles. The van der Waals surface area contributed by atoms with Gasteiger partial charge in [0.05, 0.1) is 0 Å². The van der Waals surface area contributed by atoms with E-state index in [-0.39, 0.29) is 0 Å². The van der Waals surface area contributed by atoms with E-state index in [1.54, 1.807) is 0 Å². The molecular formula is C4H7BO6. The molecule has 0 aliphatic rings. The molecule has 0 aliphatic carbocycles. The largest absolute Gasteiger partial charge is 0.481 e. The molecule has 6 nitrogen and oxygen atoms in total. The molecule has 0 heterocycles. The van der Waals surface area contributed by atoms with Gasteiger partial charge in [-0.05, 0) is 0 Å². The average molecular weight is 162 g/mol. The van der Waals surface area contributed by atoms with Gasteiger partial charge in [0.2, 0.25) is 0 Å². The van der Waals surface area contributed by atoms with E-state index in [1.165, 1.54) is 0 Å². The summed E-state index contributed by atoms with van der Waals surface area (Å²) in [4.78, 5) is 20.1. The number of hydrogen-bond acceptors (Lipinski definition) is 4. The van der Waals surface area contributed by atoms with Crippen molar-refractivity contribution in [2.75, 3.05) is 0 Å². The average Bonchev–Trinajstić information content (AvgIpc) is 1.81. The Morgan fingerprint density at radius 3 is 1.64 bits per heavy atom. The van der Waals surface area contributed by atoms with Gasteiger partial charge in [-0.3, -0.25) is 9.59 Å². The van der Waals surface area contributed by atoms with Gasteiger partial charge >= 0.3 is 19.1 Å². The second kappa shape index (κ2) is 3.94. The van der Waals surface area contributed by atoms with Crippen LogP contribution in [0.3, 0.4) is 0 Å². The van der Waals surface area contributed by atoms with Crippen LogP contribution in [0.5, 0.6) is 0 Å². The summed E-state index contributed by atoms with van der Waals surface area (Å²) in [5, 5.41) is 32.9. The van der Waals surface area contributed by atoms with E-state index in [4.69, 9.17) is 20.3 Å². The molecule has 0 bridgehead atoms. The van der Waals surface area contributed by atoms with E-state index < -0.39 is 31.3 Å². The quantitative estimate of drug-likeness (QED) is 0.287. The second-order valence-corrected chi connectivity index (χ2v) is 1.95. The first-order valence-electron chi connectivity index (χ1n) is 2.77. The first-order chi connectivity index (χ1) is 4.95. The summed E-state index contributed by atoms with van der Waals surface area (Å²) in [6, 6.07) is 0. The van der Waals surface area contributed by atoms with Crippen LogP contribution in [0.4, 0.5) is 0 Å². The Labute approximate surface area is 62.2 Å². The fourth-order valence-electron chi connectivity index (χ4n) is 0.518. The molecule has 62 valence electrons. The Morgan fingerprint density at radius 1 is 1.18 bits per heavy atom. The smallest absolute Gasteiger partial charge is 0.452 e. The van der Waals surface area contributed by atoms with Crippen LogP contribution in [0.1, 0.15) is 0 Å². The molecule has 0 aromatic heterocycles. The van der Waals surface area contributed by atoms with E-state index in [0.717, 1.165) is 0 Å². The van der Waals surface area contributed by atoms with E-state index >= 15 is 0 Å². The summed E-state index contributed by atoms with van der Waals surface area (Å²) < 4.78 is 0. The maximum atomic E-state index is 10.1. The maximum absolute atomic E-state index is 10.1. The topological polar surface area (TPSA) is 115 Å². The van der Waals surface area contributed by atoms with Crippen molar-refractivity contribution in [2.45, 2.75) is 6.32 Å². The fraction of sp³-hybridized carbons (Fsp3) is 0.500. The third-order valence-electron chi connectivity index (χ3n) is 1.04. The van der Waals surface area contributed by atoms with Gasteiger partial charge in [0, 0.05) is 6.32 Å². The number of carboxylic acid groups (broad SMARTS) is 2. The molecular weight excluding hydrogens is 155 g/mol. The van der Waals surface area contributed by atoms with E-state index in [9.17, 15) is 9.59 Å². The summed E-state index contributed by atoms with van der Waals surface area (Å²) in [6.45, 7) is 0. The van der Waals surface area contributed by atoms with Crippen LogP contribution < -0.4 is 0 Å². The predicted molar refractivity (Wildman–Crippen MR) is 33.8 cm³/mol. The molecule has 0 rings (SSSR count). The summed E-state index contributed by atoms with van der Waals surface area (Å²) in [7, 11) is -1.91. The molecule has 0 amide bonds. The molecule has 0 saturated carbocycles. The van der Waals surface area contributed by atoms with Gasteiger partial charge in [-0.25, -0.2) is 0 Å². The summed E-state index contributed by atoms with van der Waals surface area (Å²) in [6.07, 6.45) is -0.704. The molecule has 4 N–H and O–H groups in total. The number of rotatable bonds is 4. The van der Waals surface area contributed by atoms with Crippen molar-refractivity contribution in [3.8, 4) is 0 Å². The van der Waals surface area contributed by atoms with Crippen LogP contribution in [0.15, 0.2) is 0 Å². The van der Waals surface area contributed by atoms with E-state index in [2.05, 4.69) is 0 Å². The number of carbonyl (C=O) groups is 2. The van der Waals surface area contributed by atoms with Gasteiger partial charge in [-0.1, -0.05) is 0 Å². The molecule has 0 radical (unpaired) electrons. The minimum Gasteiger partial charge on any atom is -0.481 e. The molecule has 0 aliphatic heterocycles. The molecule has 0 spiro atoms. The second-order valence-electron chi connectivity index (χ2n) is 1.95. The molecule has 7 heteroatoms. The third kappa shape index (κ3) is 3.59. The van der Waals surface area contributed by atoms with Crippen molar-refractivity contribution < 1.29 is 29.9 Å². The number of hydrogen-bond donors (Lipinski definition) is 4. The van der Waals surface area contributed by atoms with Gasteiger partial charge in [-0.15, -0.1) is 0 Å². The monoisotopic (exact) mass is 162 g/mol. The molecule has 0 unspecified atom stereocenters. The fourth-order valence-corrected chi connectivity index (χ4v) is 0.518. The van der Waals surface area contributed by atoms with Gasteiger partial charge in [0.1, 0.15) is 0 Å². The van der Waals surface area contributed by atoms with Gasteiger partial charge < -0.3 is 20.3 Å². The molecule has 11 heavy (non-hydrogen) atoms. The summed E-state index contributed by atoms with van der Waals surface area (Å²) in [5.74, 6) is -4.91. The van der Waals surface area contributed by atoms with Crippen LogP contribution in [0, 0.1) is 5.92 Å². The number of aliphatic carboxylic acids is 2. The lowest BCUT2D eigenvalue weighted by molar-refractivity contribution is -0.153. The molecule has 0 fully saturated rings. The summed E-state index contributed by atoms with van der Waals surface area (Å²) >= 11 is 0. The summed E-state index contributed by atoms with van der Waals surface area (Å²) in [5.41, 5.74) is 0. The standard InChI is InChI=1S/C4H7BO6/c6-3(7)2(4(8)9)1-5(10)11/h2,10-11H,1H2,(H,6,7)(H,8,9). The van der Waals surface area contributed by atoms with Crippen molar-refractivity contribution in [3.63, 3.8) is 0 Å². The minimum atomic E-state index is -1.91. The highest BCUT2D eigenvalue weighted by molar-refractivity contribution is 6.42. The zero-order valence-electron chi connectivity index (χ0n) is 5.47. The van der Waals surface area contributed by atoms with Crippen molar-refractivity contribution in [2.24, 2.45) is 5.92 Å². The van der Waals surface area contributed by atoms with Crippen molar-refractivity contribution in [1.29, 1.82) is 0 Å². The first kappa shape index (κ1) is 9.92. The Bertz CT molecular complexity index is 152. The van der Waals surface area contributed by atoms with E-state index in [1.807, 2.05) is 0 Å². The lowest BCUT2D eigenvalue weighted by atomic mass is 9.78. The highest BCUT2D eigenvalue weighted by atomic mass is 16.4. The van der Waals surface area contributed by atoms with Crippen LogP contribution >= 0.6 is 0 Å². The molecule has 0 aromatic rings. The highest BCUT2D eigenvalue weighted by Gasteiger charge is 2.30. The first-order valence-corrected chi connectivity index (χ1v) is 2.77. The Morgan fingerprint density at radius 2 is 1.55 bits per heavy atom. The van der Waals surface area contributed by atoms with Crippen LogP contribution in [-0.4, -0.2) is 39.3 Å². The lowest BCUT2D eigenvalue weighted by Gasteiger charge is -2.04. The maximum Gasteiger partial charge on any atom is 0.452 e. The van der Waals surface area contributed by atoms with Crippen LogP contribution in [-0.2, 0) is 9.59 Å². The molecule has 0 aromatic carbocycles. The zero-order chi connectivity index (χ0) is 9.02. The van der Waals surface area contributed by atoms with E-state index in [0.29, 0.717) is 0 Å². The minimum absolute atomic E-state index is 0.704. The Hall–Kier alpha value is -1.08. The van der Waals surface area contributed by atoms with Crippen LogP contribution in [0.25, 0.3) is 0 Å². The van der Waals surface area contributed by atoms with Gasteiger partial charge in [0.25, 0.3) is 0 Å². The van der Waals surface area contributed by atoms with Gasteiger partial charge in [0.15, 0.2) is 5.92 Å². The normalized spacial score (nSPS) is 9.73. The Kier molecular flexibility index (Phi) is 3.56. The Balaban J connectivity index is 4.12. The zero-order valence-corrected chi connectivity index (χ0v) is 5.47. The lowest BCUT2D eigenvalue weighted by Crippen LogP contribution is -2.29. The third-order valence-corrected chi connectivity index (χ3v) is 1.04. The highest BCUT2D eigenvalue weighted by Crippen LogP contribution is 2.05. The SMILES string of the molecule is O=C(O)C(CB(O)O)C(=O)O. The van der Waals surface area contributed by atoms with Crippen molar-refractivity contribution in [1.82, 2.24) is 0 Å². The van der Waals surface area contributed by atoms with Crippen LogP contribution in [0.2, 0.25) is 6.32 Å². The van der Waals surface area contributed by atoms with Crippen molar-refractivity contribution in [3.05, 3.63) is 0 Å². The number of carboxylic acids is 2. The molecule has 0 atom stereocenters.